The number of rotatable bonds is 3. The van der Waals surface area contributed by atoms with Gasteiger partial charge >= 0.3 is 0 Å². The van der Waals surface area contributed by atoms with E-state index in [0.29, 0.717) is 0 Å². The van der Waals surface area contributed by atoms with Gasteiger partial charge in [-0.2, -0.15) is 0 Å². The van der Waals surface area contributed by atoms with Gasteiger partial charge in [0.15, 0.2) is 0 Å². The van der Waals surface area contributed by atoms with Gasteiger partial charge in [-0.15, -0.1) is 0 Å². The molecule has 2 heterocycles. The number of benzene rings is 1. The molecule has 24 heavy (non-hydrogen) atoms. The van der Waals surface area contributed by atoms with Gasteiger partial charge in [0.2, 0.25) is 5.91 Å². The number of amides is 1. The SMILES string of the molecule is CN1CCN(Cc2ccnc3ccccc23)C[C@@H](C(=O)N(C)C)C1. The van der Waals surface area contributed by atoms with Gasteiger partial charge in [-0.1, -0.05) is 18.2 Å². The van der Waals surface area contributed by atoms with Gasteiger partial charge in [-0.25, -0.2) is 0 Å². The third-order valence-electron chi connectivity index (χ3n) is 4.73. The first-order valence-corrected chi connectivity index (χ1v) is 8.49. The van der Waals surface area contributed by atoms with Crippen molar-refractivity contribution in [2.24, 2.45) is 5.92 Å². The molecule has 1 aromatic carbocycles. The van der Waals surface area contributed by atoms with Crippen LogP contribution in [0.3, 0.4) is 0 Å². The number of hydrogen-bond donors (Lipinski definition) is 0. The van der Waals surface area contributed by atoms with E-state index >= 15 is 0 Å². The summed E-state index contributed by atoms with van der Waals surface area (Å²) in [5.74, 6) is 0.244. The van der Waals surface area contributed by atoms with Crippen LogP contribution >= 0.6 is 0 Å². The summed E-state index contributed by atoms with van der Waals surface area (Å²) in [5.41, 5.74) is 2.31. The summed E-state index contributed by atoms with van der Waals surface area (Å²) >= 11 is 0. The fraction of sp³-hybridized carbons (Fsp3) is 0.474. The van der Waals surface area contributed by atoms with Crippen LogP contribution in [-0.2, 0) is 11.3 Å². The quantitative estimate of drug-likeness (QED) is 0.860. The molecule has 1 fully saturated rings. The first-order chi connectivity index (χ1) is 11.5. The Labute approximate surface area is 143 Å². The number of aromatic nitrogens is 1. The second-order valence-corrected chi connectivity index (χ2v) is 6.91. The van der Waals surface area contributed by atoms with E-state index in [-0.39, 0.29) is 11.8 Å². The van der Waals surface area contributed by atoms with Crippen molar-refractivity contribution in [3.8, 4) is 0 Å². The molecule has 5 nitrogen and oxygen atoms in total. The lowest BCUT2D eigenvalue weighted by Crippen LogP contribution is -2.40. The molecule has 1 aliphatic rings. The van der Waals surface area contributed by atoms with Gasteiger partial charge in [0, 0.05) is 58.4 Å². The Hall–Kier alpha value is -1.98. The summed E-state index contributed by atoms with van der Waals surface area (Å²) in [4.78, 5) is 23.3. The third kappa shape index (κ3) is 3.74. The van der Waals surface area contributed by atoms with E-state index in [1.165, 1.54) is 10.9 Å². The summed E-state index contributed by atoms with van der Waals surface area (Å²) in [6.07, 6.45) is 1.88. The van der Waals surface area contributed by atoms with Crippen LogP contribution in [0.5, 0.6) is 0 Å². The highest BCUT2D eigenvalue weighted by atomic mass is 16.2. The van der Waals surface area contributed by atoms with E-state index in [9.17, 15) is 4.79 Å². The van der Waals surface area contributed by atoms with Gasteiger partial charge in [-0.3, -0.25) is 14.7 Å². The topological polar surface area (TPSA) is 39.7 Å². The van der Waals surface area contributed by atoms with Crippen molar-refractivity contribution in [2.45, 2.75) is 6.54 Å². The van der Waals surface area contributed by atoms with Crippen LogP contribution in [-0.4, -0.2) is 72.9 Å². The lowest BCUT2D eigenvalue weighted by atomic mass is 10.1. The van der Waals surface area contributed by atoms with E-state index in [4.69, 9.17) is 0 Å². The molecule has 1 aliphatic heterocycles. The van der Waals surface area contributed by atoms with E-state index < -0.39 is 0 Å². The van der Waals surface area contributed by atoms with Crippen LogP contribution < -0.4 is 0 Å². The van der Waals surface area contributed by atoms with Gasteiger partial charge in [0.1, 0.15) is 0 Å². The molecule has 3 rings (SSSR count). The molecule has 0 unspecified atom stereocenters. The van der Waals surface area contributed by atoms with E-state index in [1.54, 1.807) is 4.90 Å². The number of fused-ring (bicyclic) bond motifs is 1. The van der Waals surface area contributed by atoms with E-state index in [1.807, 2.05) is 32.4 Å². The number of para-hydroxylation sites is 1. The molecule has 1 atom stereocenters. The molecular weight excluding hydrogens is 300 g/mol. The van der Waals surface area contributed by atoms with Gasteiger partial charge in [0.05, 0.1) is 11.4 Å². The Morgan fingerprint density at radius 3 is 2.79 bits per heavy atom. The predicted molar refractivity (Wildman–Crippen MR) is 96.7 cm³/mol. The molecule has 0 saturated carbocycles. The predicted octanol–water partition coefficient (Wildman–Crippen LogP) is 1.69. The fourth-order valence-corrected chi connectivity index (χ4v) is 3.44. The van der Waals surface area contributed by atoms with Gasteiger partial charge < -0.3 is 9.80 Å². The van der Waals surface area contributed by atoms with Crippen molar-refractivity contribution >= 4 is 16.8 Å². The monoisotopic (exact) mass is 326 g/mol. The maximum absolute atomic E-state index is 12.5. The normalized spacial score (nSPS) is 20.0. The van der Waals surface area contributed by atoms with Crippen LogP contribution in [0.15, 0.2) is 36.5 Å². The number of hydrogen-bond acceptors (Lipinski definition) is 4. The highest BCUT2D eigenvalue weighted by molar-refractivity contribution is 5.82. The van der Waals surface area contributed by atoms with Gasteiger partial charge in [0.25, 0.3) is 0 Å². The Morgan fingerprint density at radius 1 is 1.21 bits per heavy atom. The number of pyridine rings is 1. The molecule has 0 spiro atoms. The molecule has 0 bridgehead atoms. The molecule has 1 saturated heterocycles. The molecule has 5 heteroatoms. The number of likely N-dealkylation sites (N-methyl/N-ethyl adjacent to an activating group) is 1. The fourth-order valence-electron chi connectivity index (χ4n) is 3.44. The van der Waals surface area contributed by atoms with Crippen LogP contribution in [0.1, 0.15) is 5.56 Å². The number of carbonyl (C=O) groups is 1. The van der Waals surface area contributed by atoms with Crippen molar-refractivity contribution in [1.82, 2.24) is 19.7 Å². The first kappa shape index (κ1) is 16.9. The molecule has 0 N–H and O–H groups in total. The molecule has 1 aromatic heterocycles. The van der Waals surface area contributed by atoms with E-state index in [2.05, 4.69) is 40.0 Å². The minimum Gasteiger partial charge on any atom is -0.348 e. The standard InChI is InChI=1S/C19H26N4O/c1-21(2)19(24)16-12-22(3)10-11-23(14-16)13-15-8-9-20-18-7-5-4-6-17(15)18/h4-9,16H,10-14H2,1-3H3/t16-/m0/s1. The van der Waals surface area contributed by atoms with Gasteiger partial charge in [-0.05, 0) is 24.7 Å². The highest BCUT2D eigenvalue weighted by Crippen LogP contribution is 2.20. The Bertz CT molecular complexity index is 710. The lowest BCUT2D eigenvalue weighted by molar-refractivity contribution is -0.133. The number of nitrogens with zero attached hydrogens (tertiary/aromatic N) is 4. The van der Waals surface area contributed by atoms with Crippen molar-refractivity contribution in [3.05, 3.63) is 42.1 Å². The summed E-state index contributed by atoms with van der Waals surface area (Å²) in [7, 11) is 5.78. The largest absolute Gasteiger partial charge is 0.348 e. The molecule has 0 radical (unpaired) electrons. The van der Waals surface area contributed by atoms with Crippen molar-refractivity contribution in [2.75, 3.05) is 47.3 Å². The lowest BCUT2D eigenvalue weighted by Gasteiger charge is -2.25. The van der Waals surface area contributed by atoms with Crippen LogP contribution in [0.25, 0.3) is 10.9 Å². The summed E-state index contributed by atoms with van der Waals surface area (Å²) < 4.78 is 0. The van der Waals surface area contributed by atoms with Crippen molar-refractivity contribution < 1.29 is 4.79 Å². The Balaban J connectivity index is 1.81. The second-order valence-electron chi connectivity index (χ2n) is 6.91. The summed E-state index contributed by atoms with van der Waals surface area (Å²) in [5, 5.41) is 1.20. The zero-order valence-corrected chi connectivity index (χ0v) is 14.8. The highest BCUT2D eigenvalue weighted by Gasteiger charge is 2.27. The Kier molecular flexibility index (Phi) is 5.11. The zero-order chi connectivity index (χ0) is 17.1. The van der Waals surface area contributed by atoms with Crippen molar-refractivity contribution in [1.29, 1.82) is 0 Å². The first-order valence-electron chi connectivity index (χ1n) is 8.49. The minimum atomic E-state index is 0.0283. The number of carbonyl (C=O) groups excluding carboxylic acids is 1. The zero-order valence-electron chi connectivity index (χ0n) is 14.8. The smallest absolute Gasteiger partial charge is 0.227 e. The third-order valence-corrected chi connectivity index (χ3v) is 4.73. The minimum absolute atomic E-state index is 0.0283. The molecule has 1 amide bonds. The van der Waals surface area contributed by atoms with Crippen LogP contribution in [0, 0.1) is 5.92 Å². The molecular formula is C19H26N4O. The summed E-state index contributed by atoms with van der Waals surface area (Å²) in [6.45, 7) is 4.45. The maximum atomic E-state index is 12.5. The second kappa shape index (κ2) is 7.28. The van der Waals surface area contributed by atoms with Crippen LogP contribution in [0.2, 0.25) is 0 Å². The van der Waals surface area contributed by atoms with E-state index in [0.717, 1.165) is 38.2 Å². The van der Waals surface area contributed by atoms with Crippen molar-refractivity contribution in [3.63, 3.8) is 0 Å². The average Bonchev–Trinajstić information content (AvgIpc) is 2.76. The Morgan fingerprint density at radius 2 is 2.00 bits per heavy atom. The molecule has 0 aliphatic carbocycles. The molecule has 128 valence electrons. The maximum Gasteiger partial charge on any atom is 0.227 e. The molecule has 2 aromatic rings. The average molecular weight is 326 g/mol. The van der Waals surface area contributed by atoms with Crippen LogP contribution in [0.4, 0.5) is 0 Å². The summed E-state index contributed by atoms with van der Waals surface area (Å²) in [6, 6.07) is 10.4.